The van der Waals surface area contributed by atoms with Gasteiger partial charge in [-0.2, -0.15) is 5.10 Å². The highest BCUT2D eigenvalue weighted by molar-refractivity contribution is 5.69. The largest absolute Gasteiger partial charge is 0.466 e. The molecule has 0 bridgehead atoms. The van der Waals surface area contributed by atoms with E-state index in [1.807, 2.05) is 23.1 Å². The van der Waals surface area contributed by atoms with E-state index in [0.717, 1.165) is 96.7 Å². The van der Waals surface area contributed by atoms with Crippen LogP contribution in [0.2, 0.25) is 0 Å². The lowest BCUT2D eigenvalue weighted by atomic mass is 9.91. The molecular formula is C37H69N3O5. The first-order valence-electron chi connectivity index (χ1n) is 18.6. The molecule has 0 spiro atoms. The van der Waals surface area contributed by atoms with Crippen LogP contribution in [0.4, 0.5) is 0 Å². The van der Waals surface area contributed by atoms with Gasteiger partial charge in [0.15, 0.2) is 0 Å². The van der Waals surface area contributed by atoms with Gasteiger partial charge in [0.25, 0.3) is 0 Å². The third kappa shape index (κ3) is 24.9. The second-order valence-corrected chi connectivity index (χ2v) is 13.0. The number of esters is 2. The van der Waals surface area contributed by atoms with Crippen molar-refractivity contribution >= 4 is 11.9 Å². The van der Waals surface area contributed by atoms with Crippen molar-refractivity contribution in [2.75, 3.05) is 33.4 Å². The summed E-state index contributed by atoms with van der Waals surface area (Å²) in [4.78, 5) is 26.4. The van der Waals surface area contributed by atoms with Crippen molar-refractivity contribution in [1.29, 1.82) is 0 Å². The molecule has 8 heteroatoms. The molecule has 1 N–H and O–H groups in total. The van der Waals surface area contributed by atoms with E-state index in [2.05, 4.69) is 30.9 Å². The van der Waals surface area contributed by atoms with E-state index < -0.39 is 0 Å². The molecule has 0 radical (unpaired) electrons. The highest BCUT2D eigenvalue weighted by Gasteiger charge is 2.20. The van der Waals surface area contributed by atoms with Crippen molar-refractivity contribution in [2.45, 2.75) is 168 Å². The fourth-order valence-corrected chi connectivity index (χ4v) is 5.82. The van der Waals surface area contributed by atoms with Crippen LogP contribution in [0.15, 0.2) is 18.5 Å². The normalized spacial score (nSPS) is 12.8. The van der Waals surface area contributed by atoms with Gasteiger partial charge < -0.3 is 19.5 Å². The number of carbonyl (C=O) groups excluding carboxylic acids is 2. The summed E-state index contributed by atoms with van der Waals surface area (Å²) in [5, 5.41) is 15.4. The average Bonchev–Trinajstić information content (AvgIpc) is 3.55. The minimum Gasteiger partial charge on any atom is -0.466 e. The van der Waals surface area contributed by atoms with Gasteiger partial charge in [0.2, 0.25) is 0 Å². The Hall–Kier alpha value is -1.93. The minimum atomic E-state index is -0.371. The number of aryl methyl sites for hydroxylation is 1. The summed E-state index contributed by atoms with van der Waals surface area (Å²) in [5.41, 5.74) is 0. The molecule has 0 saturated carbocycles. The summed E-state index contributed by atoms with van der Waals surface area (Å²) in [7, 11) is 2.13. The van der Waals surface area contributed by atoms with Crippen molar-refractivity contribution in [3.05, 3.63) is 18.5 Å². The highest BCUT2D eigenvalue weighted by atomic mass is 16.5. The molecule has 1 aromatic heterocycles. The lowest BCUT2D eigenvalue weighted by Gasteiger charge is -2.28. The molecule has 0 fully saturated rings. The van der Waals surface area contributed by atoms with Crippen molar-refractivity contribution < 1.29 is 24.2 Å². The van der Waals surface area contributed by atoms with Gasteiger partial charge in [-0.05, 0) is 83.4 Å². The summed E-state index contributed by atoms with van der Waals surface area (Å²) >= 11 is 0. The Kier molecular flexibility index (Phi) is 26.9. The number of hydrogen-bond acceptors (Lipinski definition) is 7. The Morgan fingerprint density at radius 1 is 0.733 bits per heavy atom. The van der Waals surface area contributed by atoms with E-state index >= 15 is 0 Å². The van der Waals surface area contributed by atoms with E-state index in [9.17, 15) is 14.7 Å². The third-order valence-electron chi connectivity index (χ3n) is 8.69. The smallest absolute Gasteiger partial charge is 0.305 e. The van der Waals surface area contributed by atoms with Crippen LogP contribution < -0.4 is 0 Å². The van der Waals surface area contributed by atoms with Gasteiger partial charge in [-0.3, -0.25) is 14.3 Å². The first-order chi connectivity index (χ1) is 22.0. The summed E-state index contributed by atoms with van der Waals surface area (Å²) in [6.45, 7) is 8.04. The van der Waals surface area contributed by atoms with Crippen LogP contribution in [-0.2, 0) is 25.6 Å². The van der Waals surface area contributed by atoms with E-state index in [4.69, 9.17) is 9.47 Å². The SMILES string of the molecule is CCCCCCCCC(=O)OCCCCCC(O)C(CCCCOC(=O)CCCCCCCC)CN(C)CCCn1cccn1. The fourth-order valence-electron chi connectivity index (χ4n) is 5.82. The maximum Gasteiger partial charge on any atom is 0.305 e. The maximum atomic E-state index is 12.1. The van der Waals surface area contributed by atoms with Crippen molar-refractivity contribution in [2.24, 2.45) is 5.92 Å². The predicted octanol–water partition coefficient (Wildman–Crippen LogP) is 8.50. The molecule has 0 saturated heterocycles. The summed E-state index contributed by atoms with van der Waals surface area (Å²) in [6, 6.07) is 1.95. The van der Waals surface area contributed by atoms with Crippen LogP contribution in [0.5, 0.6) is 0 Å². The van der Waals surface area contributed by atoms with E-state index in [-0.39, 0.29) is 24.0 Å². The monoisotopic (exact) mass is 636 g/mol. The molecular weight excluding hydrogens is 566 g/mol. The minimum absolute atomic E-state index is 0.0747. The molecule has 0 aromatic carbocycles. The van der Waals surface area contributed by atoms with E-state index in [1.165, 1.54) is 51.4 Å². The number of nitrogens with zero attached hydrogens (tertiary/aromatic N) is 3. The zero-order valence-corrected chi connectivity index (χ0v) is 29.4. The van der Waals surface area contributed by atoms with Crippen LogP contribution in [0, 0.1) is 5.92 Å². The number of unbranched alkanes of at least 4 members (excludes halogenated alkanes) is 13. The van der Waals surface area contributed by atoms with Gasteiger partial charge in [-0.15, -0.1) is 0 Å². The second kappa shape index (κ2) is 29.5. The van der Waals surface area contributed by atoms with E-state index in [1.54, 1.807) is 0 Å². The Bertz CT molecular complexity index is 804. The third-order valence-corrected chi connectivity index (χ3v) is 8.69. The molecule has 0 aliphatic rings. The van der Waals surface area contributed by atoms with Crippen LogP contribution >= 0.6 is 0 Å². The molecule has 0 amide bonds. The number of aliphatic hydroxyl groups excluding tert-OH is 1. The zero-order valence-electron chi connectivity index (χ0n) is 29.4. The Morgan fingerprint density at radius 3 is 1.84 bits per heavy atom. The van der Waals surface area contributed by atoms with Gasteiger partial charge in [0.1, 0.15) is 0 Å². The lowest BCUT2D eigenvalue weighted by molar-refractivity contribution is -0.144. The van der Waals surface area contributed by atoms with E-state index in [0.29, 0.717) is 26.1 Å². The lowest BCUT2D eigenvalue weighted by Crippen LogP contribution is -2.34. The summed E-state index contributed by atoms with van der Waals surface area (Å²) in [5.74, 6) is 0.0232. The molecule has 262 valence electrons. The topological polar surface area (TPSA) is 93.9 Å². The summed E-state index contributed by atoms with van der Waals surface area (Å²) in [6.07, 6.45) is 25.6. The fraction of sp³-hybridized carbons (Fsp3) is 0.865. The van der Waals surface area contributed by atoms with Gasteiger partial charge >= 0.3 is 11.9 Å². The number of aromatic nitrogens is 2. The van der Waals surface area contributed by atoms with Gasteiger partial charge in [-0.25, -0.2) is 0 Å². The number of carbonyl (C=O) groups is 2. The van der Waals surface area contributed by atoms with Gasteiger partial charge in [0.05, 0.1) is 19.3 Å². The average molecular weight is 636 g/mol. The van der Waals surface area contributed by atoms with Gasteiger partial charge in [-0.1, -0.05) is 84.5 Å². The number of hydrogen-bond donors (Lipinski definition) is 1. The Morgan fingerprint density at radius 2 is 1.27 bits per heavy atom. The van der Waals surface area contributed by atoms with Crippen LogP contribution in [0.3, 0.4) is 0 Å². The number of ether oxygens (including phenoxy) is 2. The quantitative estimate of drug-likeness (QED) is 0.0627. The standard InChI is InChI=1S/C37H69N3O5/c1-4-6-8-10-12-16-25-36(42)44-31-19-14-15-24-35(41)34(33-39(3)28-22-30-40-29-21-27-38-40)23-18-20-32-45-37(43)26-17-13-11-9-7-5-2/h21,27,29,34-35,41H,4-20,22-26,28,30-33H2,1-3H3. The van der Waals surface area contributed by atoms with Crippen LogP contribution in [-0.4, -0.2) is 71.2 Å². The molecule has 1 aromatic rings. The van der Waals surface area contributed by atoms with Crippen molar-refractivity contribution in [3.8, 4) is 0 Å². The molecule has 1 rings (SSSR count). The Labute approximate surface area is 276 Å². The second-order valence-electron chi connectivity index (χ2n) is 13.0. The van der Waals surface area contributed by atoms with Crippen molar-refractivity contribution in [3.63, 3.8) is 0 Å². The molecule has 1 heterocycles. The first-order valence-corrected chi connectivity index (χ1v) is 18.6. The van der Waals surface area contributed by atoms with Crippen LogP contribution in [0.1, 0.15) is 155 Å². The number of rotatable bonds is 32. The molecule has 0 aliphatic carbocycles. The molecule has 0 aliphatic heterocycles. The molecule has 8 nitrogen and oxygen atoms in total. The molecule has 2 unspecified atom stereocenters. The van der Waals surface area contributed by atoms with Crippen LogP contribution in [0.25, 0.3) is 0 Å². The molecule has 45 heavy (non-hydrogen) atoms. The predicted molar refractivity (Wildman–Crippen MR) is 184 cm³/mol. The number of aliphatic hydroxyl groups is 1. The van der Waals surface area contributed by atoms with Gasteiger partial charge in [0, 0.05) is 38.3 Å². The Balaban J connectivity index is 2.30. The highest BCUT2D eigenvalue weighted by Crippen LogP contribution is 2.20. The zero-order chi connectivity index (χ0) is 32.8. The maximum absolute atomic E-state index is 12.1. The summed E-state index contributed by atoms with van der Waals surface area (Å²) < 4.78 is 12.9. The first kappa shape index (κ1) is 41.1. The molecule has 2 atom stereocenters. The van der Waals surface area contributed by atoms with Crippen molar-refractivity contribution in [1.82, 2.24) is 14.7 Å².